The third-order valence-electron chi connectivity index (χ3n) is 1.50. The van der Waals surface area contributed by atoms with E-state index in [1.54, 1.807) is 0 Å². The molecule has 14 heavy (non-hydrogen) atoms. The van der Waals surface area contributed by atoms with Gasteiger partial charge in [0.05, 0.1) is 10.5 Å². The van der Waals surface area contributed by atoms with Crippen LogP contribution in [0.5, 0.6) is 0 Å². The fraction of sp³-hybridized carbons (Fsp3) is 0.167. The molecule has 0 fully saturated rings. The van der Waals surface area contributed by atoms with Crippen LogP contribution in [0.15, 0.2) is 6.20 Å². The number of anilines is 1. The van der Waals surface area contributed by atoms with E-state index in [0.717, 1.165) is 6.20 Å². The summed E-state index contributed by atoms with van der Waals surface area (Å²) in [7, 11) is 0. The van der Waals surface area contributed by atoms with Gasteiger partial charge in [0.15, 0.2) is 0 Å². The number of alkyl halides is 2. The van der Waals surface area contributed by atoms with Crippen LogP contribution in [0.4, 0.5) is 20.2 Å². The molecule has 0 radical (unpaired) electrons. The molecule has 0 aliphatic rings. The van der Waals surface area contributed by atoms with Crippen LogP contribution in [-0.4, -0.2) is 9.91 Å². The van der Waals surface area contributed by atoms with E-state index in [9.17, 15) is 18.9 Å². The van der Waals surface area contributed by atoms with Crippen molar-refractivity contribution in [1.29, 1.82) is 0 Å². The first-order valence-corrected chi connectivity index (χ1v) is 3.69. The Labute approximate surface area is 81.6 Å². The van der Waals surface area contributed by atoms with Crippen LogP contribution in [0.2, 0.25) is 5.15 Å². The predicted molar refractivity (Wildman–Crippen MR) is 45.3 cm³/mol. The minimum absolute atomic E-state index is 0.525. The highest BCUT2D eigenvalue weighted by atomic mass is 35.5. The normalized spacial score (nSPS) is 10.6. The first kappa shape index (κ1) is 10.6. The smallest absolute Gasteiger partial charge is 0.310 e. The summed E-state index contributed by atoms with van der Waals surface area (Å²) in [6.07, 6.45) is -2.25. The number of hydrogen-bond acceptors (Lipinski definition) is 4. The van der Waals surface area contributed by atoms with Crippen LogP contribution in [0.25, 0.3) is 0 Å². The molecule has 0 aliphatic carbocycles. The number of nitrogen functional groups attached to an aromatic ring is 1. The Balaban J connectivity index is 3.41. The number of aromatic nitrogens is 1. The second-order valence-electron chi connectivity index (χ2n) is 2.32. The number of hydrogen-bond donors (Lipinski definition) is 1. The van der Waals surface area contributed by atoms with Crippen molar-refractivity contribution in [3.63, 3.8) is 0 Å². The van der Waals surface area contributed by atoms with Crippen LogP contribution < -0.4 is 5.73 Å². The van der Waals surface area contributed by atoms with Crippen molar-refractivity contribution in [2.75, 3.05) is 5.73 Å². The highest BCUT2D eigenvalue weighted by Gasteiger charge is 2.24. The first-order chi connectivity index (χ1) is 6.45. The Morgan fingerprint density at radius 1 is 1.64 bits per heavy atom. The van der Waals surface area contributed by atoms with Crippen LogP contribution >= 0.6 is 11.6 Å². The monoisotopic (exact) mass is 223 g/mol. The van der Waals surface area contributed by atoms with Crippen molar-refractivity contribution in [2.45, 2.75) is 6.43 Å². The maximum Gasteiger partial charge on any atom is 0.310 e. The molecule has 0 atom stereocenters. The average molecular weight is 224 g/mol. The SMILES string of the molecule is Nc1c([N+](=O)[O-])cnc(Cl)c1C(F)F. The Kier molecular flexibility index (Phi) is 2.80. The molecule has 1 heterocycles. The summed E-state index contributed by atoms with van der Waals surface area (Å²) in [5.41, 5.74) is 3.01. The summed E-state index contributed by atoms with van der Waals surface area (Å²) in [6, 6.07) is 0. The van der Waals surface area contributed by atoms with E-state index in [0.29, 0.717) is 0 Å². The van der Waals surface area contributed by atoms with E-state index in [4.69, 9.17) is 17.3 Å². The summed E-state index contributed by atoms with van der Waals surface area (Å²) in [4.78, 5) is 12.7. The van der Waals surface area contributed by atoms with Crippen molar-refractivity contribution in [1.82, 2.24) is 4.98 Å². The van der Waals surface area contributed by atoms with Crippen molar-refractivity contribution in [3.8, 4) is 0 Å². The average Bonchev–Trinajstić information content (AvgIpc) is 2.02. The van der Waals surface area contributed by atoms with Crippen molar-refractivity contribution >= 4 is 23.0 Å². The van der Waals surface area contributed by atoms with Gasteiger partial charge in [-0.1, -0.05) is 11.6 Å². The minimum atomic E-state index is -2.99. The molecule has 0 amide bonds. The summed E-state index contributed by atoms with van der Waals surface area (Å²) < 4.78 is 24.6. The zero-order valence-electron chi connectivity index (χ0n) is 6.58. The van der Waals surface area contributed by atoms with E-state index >= 15 is 0 Å². The van der Waals surface area contributed by atoms with Crippen LogP contribution in [0, 0.1) is 10.1 Å². The van der Waals surface area contributed by atoms with Gasteiger partial charge in [0, 0.05) is 0 Å². The van der Waals surface area contributed by atoms with Crippen LogP contribution in [-0.2, 0) is 0 Å². The third kappa shape index (κ3) is 1.72. The Bertz CT molecular complexity index is 386. The number of pyridine rings is 1. The van der Waals surface area contributed by atoms with Gasteiger partial charge in [0.25, 0.3) is 6.43 Å². The van der Waals surface area contributed by atoms with E-state index in [2.05, 4.69) is 4.98 Å². The second kappa shape index (κ2) is 3.70. The van der Waals surface area contributed by atoms with E-state index in [-0.39, 0.29) is 0 Å². The zero-order valence-corrected chi connectivity index (χ0v) is 7.33. The van der Waals surface area contributed by atoms with Gasteiger partial charge < -0.3 is 5.73 Å². The molecule has 0 saturated heterocycles. The number of rotatable bonds is 2. The van der Waals surface area contributed by atoms with Gasteiger partial charge in [-0.05, 0) is 0 Å². The standard InChI is InChI=1S/C6H4ClF2N3O2/c7-5-3(6(8)9)4(10)2(1-11-5)12(13)14/h1,6H,(H2,10,11). The highest BCUT2D eigenvalue weighted by Crippen LogP contribution is 2.35. The molecule has 0 bridgehead atoms. The van der Waals surface area contributed by atoms with Gasteiger partial charge in [-0.15, -0.1) is 0 Å². The Morgan fingerprint density at radius 2 is 2.21 bits per heavy atom. The molecule has 5 nitrogen and oxygen atoms in total. The van der Waals surface area contributed by atoms with Gasteiger partial charge in [0.1, 0.15) is 17.0 Å². The van der Waals surface area contributed by atoms with Crippen LogP contribution in [0.1, 0.15) is 12.0 Å². The minimum Gasteiger partial charge on any atom is -0.393 e. The molecule has 8 heteroatoms. The van der Waals surface area contributed by atoms with Crippen LogP contribution in [0.3, 0.4) is 0 Å². The third-order valence-corrected chi connectivity index (χ3v) is 1.80. The number of nitro groups is 1. The zero-order chi connectivity index (χ0) is 10.9. The van der Waals surface area contributed by atoms with Crippen molar-refractivity contribution in [3.05, 3.63) is 27.0 Å². The number of halogens is 3. The van der Waals surface area contributed by atoms with Crippen molar-refractivity contribution < 1.29 is 13.7 Å². The first-order valence-electron chi connectivity index (χ1n) is 3.31. The molecule has 0 saturated carbocycles. The molecule has 0 unspecified atom stereocenters. The molecule has 2 N–H and O–H groups in total. The lowest BCUT2D eigenvalue weighted by atomic mass is 10.2. The van der Waals surface area contributed by atoms with E-state index in [1.165, 1.54) is 0 Å². The van der Waals surface area contributed by atoms with Gasteiger partial charge in [0.2, 0.25) is 0 Å². The summed E-state index contributed by atoms with van der Waals surface area (Å²) >= 11 is 5.31. The molecular formula is C6H4ClF2N3O2. The number of nitrogens with two attached hydrogens (primary N) is 1. The van der Waals surface area contributed by atoms with Gasteiger partial charge in [-0.3, -0.25) is 10.1 Å². The van der Waals surface area contributed by atoms with E-state index in [1.807, 2.05) is 0 Å². The molecule has 1 aromatic heterocycles. The van der Waals surface area contributed by atoms with Gasteiger partial charge in [-0.25, -0.2) is 13.8 Å². The lowest BCUT2D eigenvalue weighted by Crippen LogP contribution is -2.03. The summed E-state index contributed by atoms with van der Waals surface area (Å²) in [5, 5.41) is 9.78. The molecule has 1 rings (SSSR count). The molecule has 76 valence electrons. The molecule has 0 aliphatic heterocycles. The fourth-order valence-corrected chi connectivity index (χ4v) is 1.09. The topological polar surface area (TPSA) is 82.0 Å². The maximum absolute atomic E-state index is 12.3. The Morgan fingerprint density at radius 3 is 2.64 bits per heavy atom. The molecule has 0 spiro atoms. The quantitative estimate of drug-likeness (QED) is 0.473. The van der Waals surface area contributed by atoms with Crippen molar-refractivity contribution in [2.24, 2.45) is 0 Å². The van der Waals surface area contributed by atoms with Gasteiger partial charge in [-0.2, -0.15) is 0 Å². The predicted octanol–water partition coefficient (Wildman–Crippen LogP) is 2.16. The lowest BCUT2D eigenvalue weighted by molar-refractivity contribution is -0.384. The highest BCUT2D eigenvalue weighted by molar-refractivity contribution is 6.30. The largest absolute Gasteiger partial charge is 0.393 e. The maximum atomic E-state index is 12.3. The fourth-order valence-electron chi connectivity index (χ4n) is 0.859. The van der Waals surface area contributed by atoms with Gasteiger partial charge >= 0.3 is 5.69 Å². The molecule has 0 aromatic carbocycles. The Hall–Kier alpha value is -1.50. The second-order valence-corrected chi connectivity index (χ2v) is 2.68. The molecule has 1 aromatic rings. The number of nitrogens with zero attached hydrogens (tertiary/aromatic N) is 2. The summed E-state index contributed by atoms with van der Waals surface area (Å²) in [6.45, 7) is 0. The molecular weight excluding hydrogens is 220 g/mol. The summed E-state index contributed by atoms with van der Waals surface area (Å²) in [5.74, 6) is 0. The lowest BCUT2D eigenvalue weighted by Gasteiger charge is -2.05. The van der Waals surface area contributed by atoms with E-state index < -0.39 is 33.4 Å².